The average Bonchev–Trinajstić information content (AvgIpc) is 2.27. The number of H-pyrrole nitrogens is 2. The zero-order valence-corrected chi connectivity index (χ0v) is 11.0. The van der Waals surface area contributed by atoms with Gasteiger partial charge in [0, 0.05) is 6.04 Å². The van der Waals surface area contributed by atoms with Crippen molar-refractivity contribution < 1.29 is 0 Å². The first-order valence-corrected chi connectivity index (χ1v) is 6.16. The second kappa shape index (κ2) is 6.72. The predicted molar refractivity (Wildman–Crippen MR) is 74.4 cm³/mol. The summed E-state index contributed by atoms with van der Waals surface area (Å²) in [6, 6.07) is -0.319. The Morgan fingerprint density at radius 1 is 1.11 bits per heavy atom. The van der Waals surface area contributed by atoms with Gasteiger partial charge in [-0.25, -0.2) is 19.0 Å². The van der Waals surface area contributed by atoms with E-state index in [1.54, 1.807) is 12.2 Å². The van der Waals surface area contributed by atoms with Crippen molar-refractivity contribution in [3.05, 3.63) is 56.8 Å². The molecule has 6 heteroatoms. The predicted octanol–water partition coefficient (Wildman–Crippen LogP) is 0.944. The Bertz CT molecular complexity index is 574. The number of hydrogen-bond acceptors (Lipinski definition) is 3. The minimum absolute atomic E-state index is 0.278. The van der Waals surface area contributed by atoms with Gasteiger partial charge in [-0.15, -0.1) is 13.2 Å². The Hall–Kier alpha value is -2.11. The van der Waals surface area contributed by atoms with Crippen LogP contribution in [0.1, 0.15) is 32.2 Å². The molecule has 0 spiro atoms. The van der Waals surface area contributed by atoms with E-state index in [-0.39, 0.29) is 12.0 Å². The first kappa shape index (κ1) is 14.9. The second-order valence-corrected chi connectivity index (χ2v) is 4.60. The molecule has 0 amide bonds. The van der Waals surface area contributed by atoms with E-state index in [9.17, 15) is 14.4 Å². The second-order valence-electron chi connectivity index (χ2n) is 4.60. The van der Waals surface area contributed by atoms with Crippen molar-refractivity contribution in [3.63, 3.8) is 0 Å². The van der Waals surface area contributed by atoms with Crippen molar-refractivity contribution in [3.8, 4) is 0 Å². The van der Waals surface area contributed by atoms with Crippen LogP contribution in [0.15, 0.2) is 39.7 Å². The number of rotatable bonds is 7. The maximum absolute atomic E-state index is 11.7. The molecule has 0 aliphatic rings. The number of nitrogens with one attached hydrogen (secondary N) is 2. The summed E-state index contributed by atoms with van der Waals surface area (Å²) in [6.45, 7) is 9.32. The van der Waals surface area contributed by atoms with Gasteiger partial charge in [0.15, 0.2) is 0 Å². The Labute approximate surface area is 110 Å². The van der Waals surface area contributed by atoms with E-state index in [2.05, 4.69) is 23.1 Å². The van der Waals surface area contributed by atoms with Gasteiger partial charge in [-0.2, -0.15) is 0 Å². The summed E-state index contributed by atoms with van der Waals surface area (Å²) in [6.07, 6.45) is 5.37. The lowest BCUT2D eigenvalue weighted by Crippen LogP contribution is -2.45. The van der Waals surface area contributed by atoms with E-state index in [0.29, 0.717) is 12.8 Å². The molecule has 0 aliphatic carbocycles. The Kier molecular flexibility index (Phi) is 5.29. The van der Waals surface area contributed by atoms with Crippen LogP contribution < -0.4 is 17.1 Å². The molecular weight excluding hydrogens is 246 g/mol. The third-order valence-corrected chi connectivity index (χ3v) is 2.93. The van der Waals surface area contributed by atoms with Crippen molar-refractivity contribution in [1.82, 2.24) is 14.5 Å². The molecule has 2 atom stereocenters. The highest BCUT2D eigenvalue weighted by molar-refractivity contribution is 4.84. The van der Waals surface area contributed by atoms with E-state index in [0.717, 1.165) is 11.0 Å². The normalized spacial score (nSPS) is 13.7. The first-order chi connectivity index (χ1) is 8.99. The summed E-state index contributed by atoms with van der Waals surface area (Å²) < 4.78 is 1.04. The molecule has 19 heavy (non-hydrogen) atoms. The molecule has 1 heterocycles. The molecule has 0 saturated heterocycles. The highest BCUT2D eigenvalue weighted by atomic mass is 16.2. The third-order valence-electron chi connectivity index (χ3n) is 2.93. The van der Waals surface area contributed by atoms with Crippen LogP contribution in [0.3, 0.4) is 0 Å². The molecular formula is C13H19N3O3. The lowest BCUT2D eigenvalue weighted by atomic mass is 9.96. The van der Waals surface area contributed by atoms with E-state index in [4.69, 9.17) is 0 Å². The van der Waals surface area contributed by atoms with Gasteiger partial charge >= 0.3 is 17.1 Å². The minimum atomic E-state index is -0.789. The molecule has 2 N–H and O–H groups in total. The molecule has 6 nitrogen and oxygen atoms in total. The molecule has 0 radical (unpaired) electrons. The zero-order valence-electron chi connectivity index (χ0n) is 11.0. The summed E-state index contributed by atoms with van der Waals surface area (Å²) in [5.74, 6) is 0.278. The quantitative estimate of drug-likeness (QED) is 0.719. The SMILES string of the molecule is C=CCC(C)CC(CC=C)n1c(=O)[nH]c(=O)[nH]c1=O. The van der Waals surface area contributed by atoms with E-state index in [1.807, 2.05) is 6.92 Å². The molecule has 1 rings (SSSR count). The molecule has 104 valence electrons. The van der Waals surface area contributed by atoms with Crippen LogP contribution in [0.5, 0.6) is 0 Å². The maximum atomic E-state index is 11.7. The monoisotopic (exact) mass is 265 g/mol. The van der Waals surface area contributed by atoms with Crippen molar-refractivity contribution >= 4 is 0 Å². The first-order valence-electron chi connectivity index (χ1n) is 6.16. The molecule has 1 aromatic heterocycles. The van der Waals surface area contributed by atoms with Gasteiger partial charge in [0.05, 0.1) is 0 Å². The van der Waals surface area contributed by atoms with Crippen LogP contribution in [0.2, 0.25) is 0 Å². The van der Waals surface area contributed by atoms with E-state index >= 15 is 0 Å². The highest BCUT2D eigenvalue weighted by Crippen LogP contribution is 2.21. The summed E-state index contributed by atoms with van der Waals surface area (Å²) in [7, 11) is 0. The number of allylic oxidation sites excluding steroid dienone is 2. The number of hydrogen-bond donors (Lipinski definition) is 2. The van der Waals surface area contributed by atoms with Crippen molar-refractivity contribution in [2.75, 3.05) is 0 Å². The average molecular weight is 265 g/mol. The molecule has 0 bridgehead atoms. The summed E-state index contributed by atoms with van der Waals surface area (Å²) in [4.78, 5) is 38.6. The van der Waals surface area contributed by atoms with Crippen molar-refractivity contribution in [2.24, 2.45) is 5.92 Å². The Morgan fingerprint density at radius 2 is 1.63 bits per heavy atom. The smallest absolute Gasteiger partial charge is 0.259 e. The van der Waals surface area contributed by atoms with Gasteiger partial charge in [0.1, 0.15) is 0 Å². The van der Waals surface area contributed by atoms with Crippen LogP contribution in [0, 0.1) is 5.92 Å². The summed E-state index contributed by atoms with van der Waals surface area (Å²) in [5.41, 5.74) is -2.17. The van der Waals surface area contributed by atoms with Crippen LogP contribution in [-0.2, 0) is 0 Å². The third kappa shape index (κ3) is 3.94. The minimum Gasteiger partial charge on any atom is -0.259 e. The molecule has 0 aromatic carbocycles. The number of aromatic nitrogens is 3. The standard InChI is InChI=1S/C13H19N3O3/c1-4-6-9(3)8-10(7-5-2)16-12(18)14-11(17)15-13(16)19/h4-5,9-10H,1-2,6-8H2,3H3,(H2,14,15,17,18,19). The van der Waals surface area contributed by atoms with Gasteiger partial charge in [-0.3, -0.25) is 9.97 Å². The largest absolute Gasteiger partial charge is 0.333 e. The van der Waals surface area contributed by atoms with Crippen LogP contribution in [-0.4, -0.2) is 14.5 Å². The fraction of sp³-hybridized carbons (Fsp3) is 0.462. The zero-order chi connectivity index (χ0) is 14.4. The lowest BCUT2D eigenvalue weighted by molar-refractivity contribution is 0.362. The van der Waals surface area contributed by atoms with Gasteiger partial charge in [-0.05, 0) is 25.2 Å². The molecule has 0 saturated carbocycles. The van der Waals surface area contributed by atoms with Gasteiger partial charge < -0.3 is 0 Å². The van der Waals surface area contributed by atoms with E-state index < -0.39 is 17.1 Å². The topological polar surface area (TPSA) is 87.7 Å². The lowest BCUT2D eigenvalue weighted by Gasteiger charge is -2.20. The fourth-order valence-corrected chi connectivity index (χ4v) is 2.11. The molecule has 2 unspecified atom stereocenters. The van der Waals surface area contributed by atoms with Crippen molar-refractivity contribution in [2.45, 2.75) is 32.2 Å². The van der Waals surface area contributed by atoms with Crippen LogP contribution >= 0.6 is 0 Å². The molecule has 1 aromatic rings. The summed E-state index contributed by atoms with van der Waals surface area (Å²) in [5, 5.41) is 0. The Balaban J connectivity index is 3.16. The Morgan fingerprint density at radius 3 is 2.11 bits per heavy atom. The van der Waals surface area contributed by atoms with Crippen LogP contribution in [0.25, 0.3) is 0 Å². The fourth-order valence-electron chi connectivity index (χ4n) is 2.11. The molecule has 0 fully saturated rings. The van der Waals surface area contributed by atoms with Crippen LogP contribution in [0.4, 0.5) is 0 Å². The maximum Gasteiger partial charge on any atom is 0.333 e. The highest BCUT2D eigenvalue weighted by Gasteiger charge is 2.17. The van der Waals surface area contributed by atoms with E-state index in [1.165, 1.54) is 0 Å². The van der Waals surface area contributed by atoms with Gasteiger partial charge in [0.2, 0.25) is 0 Å². The van der Waals surface area contributed by atoms with Gasteiger partial charge in [-0.1, -0.05) is 19.1 Å². The summed E-state index contributed by atoms with van der Waals surface area (Å²) >= 11 is 0. The number of aromatic amines is 2. The van der Waals surface area contributed by atoms with Crippen molar-refractivity contribution in [1.29, 1.82) is 0 Å². The number of nitrogens with zero attached hydrogens (tertiary/aromatic N) is 1. The van der Waals surface area contributed by atoms with Gasteiger partial charge in [0.25, 0.3) is 0 Å². The molecule has 0 aliphatic heterocycles.